The van der Waals surface area contributed by atoms with Gasteiger partial charge in [-0.3, -0.25) is 24.1 Å². The zero-order valence-corrected chi connectivity index (χ0v) is 29.1. The van der Waals surface area contributed by atoms with Gasteiger partial charge in [-0.2, -0.15) is 0 Å². The number of benzene rings is 3. The Balaban J connectivity index is 1.11. The van der Waals surface area contributed by atoms with Crippen molar-refractivity contribution < 1.29 is 33.8 Å². The fraction of sp³-hybridized carbons (Fsp3) is 0.395. The second-order valence-electron chi connectivity index (χ2n) is 13.2. The number of methoxy groups -OCH3 is 1. The van der Waals surface area contributed by atoms with Crippen LogP contribution in [0, 0.1) is 5.92 Å². The van der Waals surface area contributed by atoms with Crippen LogP contribution in [0.4, 0.5) is 21.9 Å². The van der Waals surface area contributed by atoms with E-state index in [0.29, 0.717) is 61.4 Å². The van der Waals surface area contributed by atoms with Gasteiger partial charge < -0.3 is 36.0 Å². The summed E-state index contributed by atoms with van der Waals surface area (Å²) in [5.41, 5.74) is 2.95. The highest BCUT2D eigenvalue weighted by Gasteiger charge is 2.39. The number of alkyl carbamates (subject to hydrolysis) is 1. The molecule has 5 amide bonds. The first kappa shape index (κ1) is 37.0. The standard InChI is InChI=1S/C38H46N6O7/c1-24(2)33(42-38(50)51-3)37(49)44-22-8-12-31(44)36(48)40-27-15-13-26(14-16-27)34(46)39-28-17-19-29(20-18-28)41-35(47)30-11-7-21-43(30)32(45)23-25-9-5-4-6-10-25/h4-6,9-10,13-20,24,30-33,45H,7-8,11-12,21-23H2,1-3H3,(H,39,46)(H,40,48)(H,41,47)(H,42,50). The third-order valence-corrected chi connectivity index (χ3v) is 9.30. The summed E-state index contributed by atoms with van der Waals surface area (Å²) in [5.74, 6) is -1.45. The van der Waals surface area contributed by atoms with Gasteiger partial charge in [-0.15, -0.1) is 0 Å². The molecule has 4 atom stereocenters. The minimum absolute atomic E-state index is 0.189. The Labute approximate surface area is 297 Å². The predicted octanol–water partition coefficient (Wildman–Crippen LogP) is 4.21. The minimum atomic E-state index is -0.827. The number of carbonyl (C=O) groups excluding carboxylic acids is 5. The Hall–Kier alpha value is -5.27. The van der Waals surface area contributed by atoms with Gasteiger partial charge in [-0.25, -0.2) is 4.79 Å². The molecule has 0 aromatic heterocycles. The summed E-state index contributed by atoms with van der Waals surface area (Å²) in [4.78, 5) is 67.8. The summed E-state index contributed by atoms with van der Waals surface area (Å²) >= 11 is 0. The van der Waals surface area contributed by atoms with Crippen molar-refractivity contribution in [3.05, 3.63) is 90.0 Å². The Bertz CT molecular complexity index is 1680. The molecule has 5 rings (SSSR count). The van der Waals surface area contributed by atoms with E-state index in [-0.39, 0.29) is 29.5 Å². The van der Waals surface area contributed by atoms with Gasteiger partial charge in [0.1, 0.15) is 18.3 Å². The molecule has 2 aliphatic heterocycles. The molecule has 2 saturated heterocycles. The number of aliphatic hydroxyl groups is 1. The summed E-state index contributed by atoms with van der Waals surface area (Å²) in [7, 11) is 1.23. The number of ether oxygens (including phenoxy) is 1. The fourth-order valence-electron chi connectivity index (χ4n) is 6.55. The molecule has 51 heavy (non-hydrogen) atoms. The van der Waals surface area contributed by atoms with Crippen LogP contribution in [0.25, 0.3) is 0 Å². The average molecular weight is 699 g/mol. The van der Waals surface area contributed by atoms with Gasteiger partial charge in [0.05, 0.1) is 13.2 Å². The SMILES string of the molecule is COC(=O)NC(C(=O)N1CCCC1C(=O)Nc1ccc(C(=O)Nc2ccc(NC(=O)C3CCCN3C(O)Cc3ccccc3)cc2)cc1)C(C)C. The number of amides is 5. The van der Waals surface area contributed by atoms with Gasteiger partial charge in [0.25, 0.3) is 5.91 Å². The molecule has 270 valence electrons. The molecule has 2 heterocycles. The molecule has 0 spiro atoms. The predicted molar refractivity (Wildman–Crippen MR) is 193 cm³/mol. The Morgan fingerprint density at radius 3 is 1.92 bits per heavy atom. The van der Waals surface area contributed by atoms with E-state index >= 15 is 0 Å². The van der Waals surface area contributed by atoms with Crippen LogP contribution in [0.2, 0.25) is 0 Å². The first-order valence-corrected chi connectivity index (χ1v) is 17.3. The molecule has 5 N–H and O–H groups in total. The maximum atomic E-state index is 13.3. The number of rotatable bonds is 12. The molecule has 3 aromatic carbocycles. The molecule has 4 unspecified atom stereocenters. The third-order valence-electron chi connectivity index (χ3n) is 9.30. The Morgan fingerprint density at radius 1 is 0.765 bits per heavy atom. The van der Waals surface area contributed by atoms with Crippen LogP contribution in [0.1, 0.15) is 55.5 Å². The second-order valence-corrected chi connectivity index (χ2v) is 13.2. The Kier molecular flexibility index (Phi) is 12.4. The van der Waals surface area contributed by atoms with Crippen molar-refractivity contribution in [1.82, 2.24) is 15.1 Å². The lowest BCUT2D eigenvalue weighted by molar-refractivity contribution is -0.139. The maximum absolute atomic E-state index is 13.3. The van der Waals surface area contributed by atoms with Crippen LogP contribution >= 0.6 is 0 Å². The van der Waals surface area contributed by atoms with Crippen LogP contribution in [-0.2, 0) is 25.5 Å². The largest absolute Gasteiger partial charge is 0.453 e. The van der Waals surface area contributed by atoms with Gasteiger partial charge in [-0.1, -0.05) is 44.2 Å². The van der Waals surface area contributed by atoms with Crippen molar-refractivity contribution in [1.29, 1.82) is 0 Å². The highest BCUT2D eigenvalue weighted by atomic mass is 16.5. The van der Waals surface area contributed by atoms with Crippen LogP contribution in [-0.4, -0.2) is 89.2 Å². The summed E-state index contributed by atoms with van der Waals surface area (Å²) < 4.78 is 4.66. The molecule has 0 aliphatic carbocycles. The quantitative estimate of drug-likeness (QED) is 0.187. The first-order valence-electron chi connectivity index (χ1n) is 17.3. The van der Waals surface area contributed by atoms with E-state index in [1.807, 2.05) is 49.1 Å². The van der Waals surface area contributed by atoms with Crippen molar-refractivity contribution in [3.8, 4) is 0 Å². The number of hydrogen-bond donors (Lipinski definition) is 5. The van der Waals surface area contributed by atoms with Crippen LogP contribution in [0.15, 0.2) is 78.9 Å². The van der Waals surface area contributed by atoms with E-state index in [9.17, 15) is 29.1 Å². The number of hydrogen-bond acceptors (Lipinski definition) is 8. The molecule has 0 saturated carbocycles. The van der Waals surface area contributed by atoms with Crippen LogP contribution in [0.5, 0.6) is 0 Å². The smallest absolute Gasteiger partial charge is 0.407 e. The van der Waals surface area contributed by atoms with Crippen molar-refractivity contribution in [2.75, 3.05) is 36.1 Å². The molecular weight excluding hydrogens is 652 g/mol. The summed E-state index contributed by atoms with van der Waals surface area (Å²) in [5, 5.41) is 22.0. The topological polar surface area (TPSA) is 169 Å². The van der Waals surface area contributed by atoms with Gasteiger partial charge in [0.2, 0.25) is 17.7 Å². The van der Waals surface area contributed by atoms with Crippen molar-refractivity contribution in [2.45, 2.75) is 70.3 Å². The van der Waals surface area contributed by atoms with E-state index in [1.165, 1.54) is 12.0 Å². The number of carbonyl (C=O) groups is 5. The Morgan fingerprint density at radius 2 is 1.31 bits per heavy atom. The maximum Gasteiger partial charge on any atom is 0.407 e. The summed E-state index contributed by atoms with van der Waals surface area (Å²) in [6, 6.07) is 20.9. The molecule has 2 fully saturated rings. The monoisotopic (exact) mass is 698 g/mol. The van der Waals surface area contributed by atoms with E-state index in [1.54, 1.807) is 48.5 Å². The fourth-order valence-corrected chi connectivity index (χ4v) is 6.55. The molecule has 13 heteroatoms. The lowest BCUT2D eigenvalue weighted by Gasteiger charge is -2.30. The average Bonchev–Trinajstić information content (AvgIpc) is 3.83. The highest BCUT2D eigenvalue weighted by molar-refractivity contribution is 6.05. The van der Waals surface area contributed by atoms with Gasteiger partial charge >= 0.3 is 6.09 Å². The van der Waals surface area contributed by atoms with E-state index in [2.05, 4.69) is 26.0 Å². The number of nitrogens with zero attached hydrogens (tertiary/aromatic N) is 2. The molecule has 13 nitrogen and oxygen atoms in total. The number of aliphatic hydroxyl groups excluding tert-OH is 1. The number of anilines is 3. The van der Waals surface area contributed by atoms with Gasteiger partial charge in [0, 0.05) is 42.1 Å². The molecule has 0 bridgehead atoms. The molecule has 0 radical (unpaired) electrons. The van der Waals surface area contributed by atoms with Crippen molar-refractivity contribution >= 4 is 46.8 Å². The lowest BCUT2D eigenvalue weighted by atomic mass is 10.0. The van der Waals surface area contributed by atoms with Crippen LogP contribution < -0.4 is 21.3 Å². The van der Waals surface area contributed by atoms with Crippen molar-refractivity contribution in [2.24, 2.45) is 5.92 Å². The van der Waals surface area contributed by atoms with E-state index in [0.717, 1.165) is 12.0 Å². The first-order chi connectivity index (χ1) is 24.5. The normalized spacial score (nSPS) is 18.5. The summed E-state index contributed by atoms with van der Waals surface area (Å²) in [6.45, 7) is 4.65. The zero-order valence-electron chi connectivity index (χ0n) is 29.1. The highest BCUT2D eigenvalue weighted by Crippen LogP contribution is 2.25. The molecule has 3 aromatic rings. The number of nitrogens with one attached hydrogen (secondary N) is 4. The van der Waals surface area contributed by atoms with Gasteiger partial charge in [-0.05, 0) is 85.7 Å². The summed E-state index contributed by atoms with van der Waals surface area (Å²) in [6.07, 6.45) is 1.58. The third kappa shape index (κ3) is 9.50. The van der Waals surface area contributed by atoms with Gasteiger partial charge in [0.15, 0.2) is 0 Å². The van der Waals surface area contributed by atoms with Crippen molar-refractivity contribution in [3.63, 3.8) is 0 Å². The molecular formula is C38H46N6O7. The van der Waals surface area contributed by atoms with Crippen LogP contribution in [0.3, 0.4) is 0 Å². The van der Waals surface area contributed by atoms with E-state index in [4.69, 9.17) is 0 Å². The van der Waals surface area contributed by atoms with E-state index < -0.39 is 30.4 Å². The second kappa shape index (κ2) is 17.1. The minimum Gasteiger partial charge on any atom is -0.453 e. The number of likely N-dealkylation sites (tertiary alicyclic amines) is 2. The zero-order chi connectivity index (χ0) is 36.5. The molecule has 2 aliphatic rings. The lowest BCUT2D eigenvalue weighted by Crippen LogP contribution is -2.54.